The van der Waals surface area contributed by atoms with E-state index in [1.165, 1.54) is 6.33 Å². The highest BCUT2D eigenvalue weighted by Gasteiger charge is 2.17. The van der Waals surface area contributed by atoms with Gasteiger partial charge in [-0.1, -0.05) is 0 Å². The smallest absolute Gasteiger partial charge is 0.136 e. The first-order valence-electron chi connectivity index (χ1n) is 4.93. The number of alkyl halides is 1. The van der Waals surface area contributed by atoms with Crippen LogP contribution in [-0.4, -0.2) is 28.8 Å². The van der Waals surface area contributed by atoms with Gasteiger partial charge < -0.3 is 4.90 Å². The minimum Gasteiger partial charge on any atom is -0.356 e. The molecule has 80 valence electrons. The van der Waals surface area contributed by atoms with Crippen molar-refractivity contribution in [2.45, 2.75) is 19.5 Å². The number of halogens is 1. The lowest BCUT2D eigenvalue weighted by Crippen LogP contribution is -2.34. The van der Waals surface area contributed by atoms with E-state index >= 15 is 0 Å². The Morgan fingerprint density at radius 2 is 2.07 bits per heavy atom. The van der Waals surface area contributed by atoms with Crippen molar-refractivity contribution in [2.75, 3.05) is 18.0 Å². The van der Waals surface area contributed by atoms with Crippen molar-refractivity contribution in [1.29, 1.82) is 0 Å². The molecule has 1 aromatic heterocycles. The third-order valence-electron chi connectivity index (χ3n) is 2.49. The number of carbonyl (C=O) groups excluding carboxylic acids is 1. The zero-order chi connectivity index (χ0) is 10.7. The minimum atomic E-state index is -0.581. The SMILES string of the molecule is O=C1CCN(c2cc(CF)ncn2)CC1. The van der Waals surface area contributed by atoms with Gasteiger partial charge in [-0.15, -0.1) is 0 Å². The summed E-state index contributed by atoms with van der Waals surface area (Å²) in [5.74, 6) is 0.996. The summed E-state index contributed by atoms with van der Waals surface area (Å²) in [5, 5.41) is 0. The van der Waals surface area contributed by atoms with E-state index in [1.54, 1.807) is 6.07 Å². The second-order valence-corrected chi connectivity index (χ2v) is 3.53. The highest BCUT2D eigenvalue weighted by molar-refractivity contribution is 5.80. The lowest BCUT2D eigenvalue weighted by atomic mass is 10.1. The fourth-order valence-electron chi connectivity index (χ4n) is 1.62. The number of ketones is 1. The first-order chi connectivity index (χ1) is 7.29. The molecule has 15 heavy (non-hydrogen) atoms. The molecule has 0 atom stereocenters. The topological polar surface area (TPSA) is 46.1 Å². The van der Waals surface area contributed by atoms with E-state index in [1.807, 2.05) is 4.90 Å². The zero-order valence-corrected chi connectivity index (χ0v) is 8.32. The van der Waals surface area contributed by atoms with Gasteiger partial charge in [-0.25, -0.2) is 14.4 Å². The van der Waals surface area contributed by atoms with Crippen LogP contribution in [0.1, 0.15) is 18.5 Å². The van der Waals surface area contributed by atoms with Crippen LogP contribution in [0.3, 0.4) is 0 Å². The summed E-state index contributed by atoms with van der Waals surface area (Å²) in [7, 11) is 0. The Hall–Kier alpha value is -1.52. The van der Waals surface area contributed by atoms with E-state index < -0.39 is 6.67 Å². The summed E-state index contributed by atoms with van der Waals surface area (Å²) in [6.45, 7) is 0.755. The summed E-state index contributed by atoms with van der Waals surface area (Å²) in [6, 6.07) is 1.63. The summed E-state index contributed by atoms with van der Waals surface area (Å²) >= 11 is 0. The van der Waals surface area contributed by atoms with Gasteiger partial charge in [-0.2, -0.15) is 0 Å². The molecule has 0 amide bonds. The molecular formula is C10H12FN3O. The monoisotopic (exact) mass is 209 g/mol. The van der Waals surface area contributed by atoms with Crippen LogP contribution in [0.5, 0.6) is 0 Å². The molecule has 0 aromatic carbocycles. The average molecular weight is 209 g/mol. The normalized spacial score (nSPS) is 16.9. The minimum absolute atomic E-state index is 0.283. The molecule has 2 heterocycles. The van der Waals surface area contributed by atoms with Gasteiger partial charge in [0.25, 0.3) is 0 Å². The number of aromatic nitrogens is 2. The molecule has 4 nitrogen and oxygen atoms in total. The van der Waals surface area contributed by atoms with Gasteiger partial charge in [0.05, 0.1) is 5.69 Å². The lowest BCUT2D eigenvalue weighted by Gasteiger charge is -2.26. The van der Waals surface area contributed by atoms with Crippen LogP contribution in [0.25, 0.3) is 0 Å². The Labute approximate surface area is 87.1 Å². The summed E-state index contributed by atoms with van der Waals surface area (Å²) in [6.07, 6.45) is 2.46. The quantitative estimate of drug-likeness (QED) is 0.732. The van der Waals surface area contributed by atoms with Gasteiger partial charge in [0.15, 0.2) is 0 Å². The molecule has 0 radical (unpaired) electrons. The van der Waals surface area contributed by atoms with E-state index in [9.17, 15) is 9.18 Å². The van der Waals surface area contributed by atoms with Crippen molar-refractivity contribution in [3.8, 4) is 0 Å². The highest BCUT2D eigenvalue weighted by Crippen LogP contribution is 2.16. The molecule has 5 heteroatoms. The van der Waals surface area contributed by atoms with E-state index in [0.717, 1.165) is 0 Å². The maximum Gasteiger partial charge on any atom is 0.136 e. The summed E-state index contributed by atoms with van der Waals surface area (Å²) < 4.78 is 12.4. The van der Waals surface area contributed by atoms with Crippen LogP contribution in [-0.2, 0) is 11.5 Å². The second kappa shape index (κ2) is 4.33. The van der Waals surface area contributed by atoms with Crippen LogP contribution >= 0.6 is 0 Å². The van der Waals surface area contributed by atoms with Gasteiger partial charge >= 0.3 is 0 Å². The number of rotatable bonds is 2. The Kier molecular flexibility index (Phi) is 2.89. The van der Waals surface area contributed by atoms with E-state index in [-0.39, 0.29) is 5.78 Å². The third kappa shape index (κ3) is 2.29. The molecule has 1 saturated heterocycles. The number of carbonyl (C=O) groups is 1. The van der Waals surface area contributed by atoms with Crippen LogP contribution in [0, 0.1) is 0 Å². The molecule has 0 spiro atoms. The fourth-order valence-corrected chi connectivity index (χ4v) is 1.62. The Bertz CT molecular complexity index is 359. The second-order valence-electron chi connectivity index (χ2n) is 3.53. The first kappa shape index (κ1) is 10.0. The molecule has 0 saturated carbocycles. The number of hydrogen-bond donors (Lipinski definition) is 0. The predicted molar refractivity (Wildman–Crippen MR) is 53.3 cm³/mol. The van der Waals surface area contributed by atoms with Crippen molar-refractivity contribution in [1.82, 2.24) is 9.97 Å². The van der Waals surface area contributed by atoms with Crippen LogP contribution in [0.15, 0.2) is 12.4 Å². The molecule has 0 N–H and O–H groups in total. The van der Waals surface area contributed by atoms with Crippen molar-refractivity contribution >= 4 is 11.6 Å². The Morgan fingerprint density at radius 3 is 2.73 bits per heavy atom. The molecule has 1 aliphatic heterocycles. The molecule has 1 fully saturated rings. The molecule has 0 unspecified atom stereocenters. The molecule has 1 aliphatic rings. The zero-order valence-electron chi connectivity index (χ0n) is 8.32. The van der Waals surface area contributed by atoms with Crippen molar-refractivity contribution in [2.24, 2.45) is 0 Å². The van der Waals surface area contributed by atoms with Gasteiger partial charge in [0.2, 0.25) is 0 Å². The van der Waals surface area contributed by atoms with Crippen molar-refractivity contribution in [3.63, 3.8) is 0 Å². The Morgan fingerprint density at radius 1 is 1.33 bits per heavy atom. The summed E-state index contributed by atoms with van der Waals surface area (Å²) in [4.78, 5) is 20.9. The highest BCUT2D eigenvalue weighted by atomic mass is 19.1. The number of hydrogen-bond acceptors (Lipinski definition) is 4. The van der Waals surface area contributed by atoms with Gasteiger partial charge in [0.1, 0.15) is 24.6 Å². The molecule has 2 rings (SSSR count). The largest absolute Gasteiger partial charge is 0.356 e. The van der Waals surface area contributed by atoms with Crippen LogP contribution in [0.2, 0.25) is 0 Å². The van der Waals surface area contributed by atoms with Gasteiger partial charge in [-0.3, -0.25) is 4.79 Å². The maximum absolute atomic E-state index is 12.4. The maximum atomic E-state index is 12.4. The number of piperidine rings is 1. The third-order valence-corrected chi connectivity index (χ3v) is 2.49. The van der Waals surface area contributed by atoms with Crippen LogP contribution in [0.4, 0.5) is 10.2 Å². The van der Waals surface area contributed by atoms with Crippen molar-refractivity contribution in [3.05, 3.63) is 18.1 Å². The van der Waals surface area contributed by atoms with Crippen molar-refractivity contribution < 1.29 is 9.18 Å². The molecule has 0 bridgehead atoms. The predicted octanol–water partition coefficient (Wildman–Crippen LogP) is 1.12. The first-order valence-corrected chi connectivity index (χ1v) is 4.93. The average Bonchev–Trinajstić information content (AvgIpc) is 2.30. The fraction of sp³-hybridized carbons (Fsp3) is 0.500. The van der Waals surface area contributed by atoms with Crippen LogP contribution < -0.4 is 4.90 Å². The molecule has 1 aromatic rings. The summed E-state index contributed by atoms with van der Waals surface area (Å²) in [5.41, 5.74) is 0.386. The molecule has 0 aliphatic carbocycles. The van der Waals surface area contributed by atoms with E-state index in [0.29, 0.717) is 37.4 Å². The standard InChI is InChI=1S/C10H12FN3O/c11-6-8-5-10(13-7-12-8)14-3-1-9(15)2-4-14/h5,7H,1-4,6H2. The number of Topliss-reactive ketones (excluding diaryl/α,β-unsaturated/α-hetero) is 1. The van der Waals surface area contributed by atoms with E-state index in [4.69, 9.17) is 0 Å². The number of anilines is 1. The molecular weight excluding hydrogens is 197 g/mol. The van der Waals surface area contributed by atoms with E-state index in [2.05, 4.69) is 9.97 Å². The van der Waals surface area contributed by atoms with Gasteiger partial charge in [-0.05, 0) is 0 Å². The lowest BCUT2D eigenvalue weighted by molar-refractivity contribution is -0.119. The number of nitrogens with zero attached hydrogens (tertiary/aromatic N) is 3. The Balaban J connectivity index is 2.11. The van der Waals surface area contributed by atoms with Gasteiger partial charge in [0, 0.05) is 32.0 Å².